The third-order valence-corrected chi connectivity index (χ3v) is 2.98. The number of carbonyl (C=O) groups is 1. The van der Waals surface area contributed by atoms with Gasteiger partial charge in [0.2, 0.25) is 0 Å². The Hall–Kier alpha value is -2.80. The van der Waals surface area contributed by atoms with Gasteiger partial charge < -0.3 is 10.2 Å². The van der Waals surface area contributed by atoms with E-state index in [4.69, 9.17) is 10.4 Å². The first-order valence-corrected chi connectivity index (χ1v) is 5.61. The summed E-state index contributed by atoms with van der Waals surface area (Å²) < 4.78 is 0. The molecule has 2 aromatic rings. The average Bonchev–Trinajstić information content (AvgIpc) is 2.39. The van der Waals surface area contributed by atoms with Crippen molar-refractivity contribution in [3.05, 3.63) is 53.1 Å². The Bertz CT molecular complexity index is 682. The van der Waals surface area contributed by atoms with Crippen LogP contribution in [-0.4, -0.2) is 16.2 Å². The molecule has 0 aliphatic heterocycles. The van der Waals surface area contributed by atoms with Gasteiger partial charge in [0.25, 0.3) is 0 Å². The molecule has 0 spiro atoms. The first-order chi connectivity index (χ1) is 9.04. The first kappa shape index (κ1) is 12.7. The molecule has 0 saturated heterocycles. The lowest BCUT2D eigenvalue weighted by molar-refractivity contribution is 0.0693. The predicted octanol–water partition coefficient (Wildman–Crippen LogP) is 2.94. The van der Waals surface area contributed by atoms with Crippen molar-refractivity contribution in [3.8, 4) is 22.9 Å². The molecule has 94 valence electrons. The summed E-state index contributed by atoms with van der Waals surface area (Å²) in [5, 5.41) is 27.4. The minimum absolute atomic E-state index is 0.0955. The molecule has 2 N–H and O–H groups in total. The fourth-order valence-electron chi connectivity index (χ4n) is 2.00. The molecule has 0 aromatic heterocycles. The van der Waals surface area contributed by atoms with Crippen molar-refractivity contribution in [1.29, 1.82) is 5.26 Å². The zero-order valence-corrected chi connectivity index (χ0v) is 10.2. The molecule has 0 fully saturated rings. The van der Waals surface area contributed by atoms with Crippen molar-refractivity contribution >= 4 is 5.97 Å². The summed E-state index contributed by atoms with van der Waals surface area (Å²) in [6, 6.07) is 11.9. The molecule has 0 atom stereocenters. The molecule has 2 rings (SSSR count). The van der Waals surface area contributed by atoms with Crippen LogP contribution in [0.25, 0.3) is 11.1 Å². The van der Waals surface area contributed by atoms with Gasteiger partial charge in [-0.3, -0.25) is 0 Å². The molecule has 2 aromatic carbocycles. The van der Waals surface area contributed by atoms with Crippen molar-refractivity contribution in [1.82, 2.24) is 0 Å². The number of nitriles is 1. The third kappa shape index (κ3) is 2.26. The number of hydrogen-bond donors (Lipinski definition) is 2. The number of aromatic carboxylic acids is 1. The van der Waals surface area contributed by atoms with Crippen LogP contribution in [0.5, 0.6) is 5.75 Å². The highest BCUT2D eigenvalue weighted by Gasteiger charge is 2.16. The molecule has 0 aliphatic rings. The van der Waals surface area contributed by atoms with Crippen LogP contribution < -0.4 is 0 Å². The van der Waals surface area contributed by atoms with Crippen LogP contribution >= 0.6 is 0 Å². The van der Waals surface area contributed by atoms with E-state index in [1.165, 1.54) is 6.07 Å². The molecule has 0 amide bonds. The Labute approximate surface area is 110 Å². The van der Waals surface area contributed by atoms with Crippen molar-refractivity contribution in [3.63, 3.8) is 0 Å². The van der Waals surface area contributed by atoms with Crippen LogP contribution in [0.3, 0.4) is 0 Å². The van der Waals surface area contributed by atoms with Gasteiger partial charge in [-0.15, -0.1) is 0 Å². The summed E-state index contributed by atoms with van der Waals surface area (Å²) >= 11 is 0. The highest BCUT2D eigenvalue weighted by molar-refractivity contribution is 5.95. The van der Waals surface area contributed by atoms with E-state index in [9.17, 15) is 9.90 Å². The zero-order chi connectivity index (χ0) is 14.0. The van der Waals surface area contributed by atoms with Gasteiger partial charge in [0.1, 0.15) is 11.3 Å². The fourth-order valence-corrected chi connectivity index (χ4v) is 2.00. The Morgan fingerprint density at radius 3 is 2.32 bits per heavy atom. The summed E-state index contributed by atoms with van der Waals surface area (Å²) in [4.78, 5) is 11.1. The smallest absolute Gasteiger partial charge is 0.339 e. The van der Waals surface area contributed by atoms with E-state index in [1.54, 1.807) is 37.3 Å². The van der Waals surface area contributed by atoms with Crippen molar-refractivity contribution < 1.29 is 15.0 Å². The molecular weight excluding hydrogens is 242 g/mol. The van der Waals surface area contributed by atoms with E-state index in [0.717, 1.165) is 11.1 Å². The number of phenols is 1. The summed E-state index contributed by atoms with van der Waals surface area (Å²) in [7, 11) is 0. The van der Waals surface area contributed by atoms with Gasteiger partial charge in [-0.05, 0) is 41.8 Å². The van der Waals surface area contributed by atoms with E-state index in [0.29, 0.717) is 11.1 Å². The predicted molar refractivity (Wildman–Crippen MR) is 70.0 cm³/mol. The number of carboxylic acids is 1. The highest BCUT2D eigenvalue weighted by Crippen LogP contribution is 2.31. The van der Waals surface area contributed by atoms with Gasteiger partial charge in [-0.2, -0.15) is 5.26 Å². The van der Waals surface area contributed by atoms with Crippen LogP contribution in [0, 0.1) is 18.3 Å². The SMILES string of the molecule is Cc1c(-c2ccc(C#N)cc2)ccc(O)c1C(=O)O. The monoisotopic (exact) mass is 253 g/mol. The molecular formula is C15H11NO3. The van der Waals surface area contributed by atoms with Crippen molar-refractivity contribution in [2.45, 2.75) is 6.92 Å². The van der Waals surface area contributed by atoms with Gasteiger partial charge in [0.05, 0.1) is 11.6 Å². The second kappa shape index (κ2) is 4.83. The van der Waals surface area contributed by atoms with E-state index in [-0.39, 0.29) is 11.3 Å². The van der Waals surface area contributed by atoms with E-state index in [2.05, 4.69) is 0 Å². The minimum Gasteiger partial charge on any atom is -0.507 e. The summed E-state index contributed by atoms with van der Waals surface area (Å²) in [5.41, 5.74) is 2.47. The van der Waals surface area contributed by atoms with Crippen LogP contribution in [0.4, 0.5) is 0 Å². The number of hydrogen-bond acceptors (Lipinski definition) is 3. The normalized spacial score (nSPS) is 9.89. The number of benzene rings is 2. The number of nitrogens with zero attached hydrogens (tertiary/aromatic N) is 1. The largest absolute Gasteiger partial charge is 0.507 e. The molecule has 19 heavy (non-hydrogen) atoms. The maximum Gasteiger partial charge on any atom is 0.339 e. The molecule has 0 bridgehead atoms. The van der Waals surface area contributed by atoms with Crippen molar-refractivity contribution in [2.24, 2.45) is 0 Å². The van der Waals surface area contributed by atoms with E-state index < -0.39 is 5.97 Å². The molecule has 0 unspecified atom stereocenters. The third-order valence-electron chi connectivity index (χ3n) is 2.98. The molecule has 0 aliphatic carbocycles. The van der Waals surface area contributed by atoms with Gasteiger partial charge in [0, 0.05) is 0 Å². The lowest BCUT2D eigenvalue weighted by atomic mass is 9.95. The van der Waals surface area contributed by atoms with Gasteiger partial charge >= 0.3 is 5.97 Å². The minimum atomic E-state index is -1.16. The van der Waals surface area contributed by atoms with E-state index in [1.807, 2.05) is 6.07 Å². The van der Waals surface area contributed by atoms with Crippen LogP contribution in [0.1, 0.15) is 21.5 Å². The van der Waals surface area contributed by atoms with Crippen LogP contribution in [0.2, 0.25) is 0 Å². The van der Waals surface area contributed by atoms with Crippen LogP contribution in [-0.2, 0) is 0 Å². The molecule has 4 nitrogen and oxygen atoms in total. The summed E-state index contributed by atoms with van der Waals surface area (Å²) in [5.74, 6) is -1.41. The standard InChI is InChI=1S/C15H11NO3/c1-9-12(6-7-13(17)14(9)15(18)19)11-4-2-10(8-16)3-5-11/h2-7,17H,1H3,(H,18,19). The number of carboxylic acid groups (broad SMARTS) is 1. The first-order valence-electron chi connectivity index (χ1n) is 5.61. The second-order valence-electron chi connectivity index (χ2n) is 4.13. The Kier molecular flexibility index (Phi) is 3.21. The topological polar surface area (TPSA) is 81.3 Å². The van der Waals surface area contributed by atoms with Crippen molar-refractivity contribution in [2.75, 3.05) is 0 Å². The Balaban J connectivity index is 2.60. The Morgan fingerprint density at radius 1 is 1.16 bits per heavy atom. The fraction of sp³-hybridized carbons (Fsp3) is 0.0667. The number of rotatable bonds is 2. The molecule has 4 heteroatoms. The van der Waals surface area contributed by atoms with Gasteiger partial charge in [0.15, 0.2) is 0 Å². The maximum atomic E-state index is 11.1. The highest BCUT2D eigenvalue weighted by atomic mass is 16.4. The second-order valence-corrected chi connectivity index (χ2v) is 4.13. The lowest BCUT2D eigenvalue weighted by Gasteiger charge is -2.10. The quantitative estimate of drug-likeness (QED) is 0.862. The molecule has 0 radical (unpaired) electrons. The summed E-state index contributed by atoms with van der Waals surface area (Å²) in [6.07, 6.45) is 0. The van der Waals surface area contributed by atoms with Gasteiger partial charge in [-0.25, -0.2) is 4.79 Å². The van der Waals surface area contributed by atoms with E-state index >= 15 is 0 Å². The molecule has 0 heterocycles. The van der Waals surface area contributed by atoms with Gasteiger partial charge in [-0.1, -0.05) is 18.2 Å². The maximum absolute atomic E-state index is 11.1. The Morgan fingerprint density at radius 2 is 1.79 bits per heavy atom. The van der Waals surface area contributed by atoms with Crippen LogP contribution in [0.15, 0.2) is 36.4 Å². The number of aromatic hydroxyl groups is 1. The molecule has 0 saturated carbocycles. The average molecular weight is 253 g/mol. The summed E-state index contributed by atoms with van der Waals surface area (Å²) in [6.45, 7) is 1.65. The lowest BCUT2D eigenvalue weighted by Crippen LogP contribution is -2.01. The zero-order valence-electron chi connectivity index (χ0n) is 10.2.